The SMILES string of the molecule is CSCC(C)N(C)Cc1c(CN)oc2ccccc12. The average Bonchev–Trinajstić information content (AvgIpc) is 2.77. The molecule has 2 rings (SSSR count). The monoisotopic (exact) mass is 278 g/mol. The van der Waals surface area contributed by atoms with E-state index in [1.54, 1.807) is 0 Å². The van der Waals surface area contributed by atoms with E-state index in [0.29, 0.717) is 12.6 Å². The van der Waals surface area contributed by atoms with E-state index in [1.165, 1.54) is 10.9 Å². The van der Waals surface area contributed by atoms with Crippen molar-refractivity contribution in [2.75, 3.05) is 19.1 Å². The number of hydrogen-bond acceptors (Lipinski definition) is 4. The summed E-state index contributed by atoms with van der Waals surface area (Å²) in [6, 6.07) is 8.70. The lowest BCUT2D eigenvalue weighted by molar-refractivity contribution is 0.268. The van der Waals surface area contributed by atoms with Gasteiger partial charge in [0.15, 0.2) is 0 Å². The fourth-order valence-corrected chi connectivity index (χ4v) is 3.00. The van der Waals surface area contributed by atoms with Gasteiger partial charge in [0.25, 0.3) is 0 Å². The molecular formula is C15H22N2OS. The third-order valence-corrected chi connectivity index (χ3v) is 4.35. The van der Waals surface area contributed by atoms with E-state index in [0.717, 1.165) is 23.6 Å². The summed E-state index contributed by atoms with van der Waals surface area (Å²) < 4.78 is 5.83. The van der Waals surface area contributed by atoms with Gasteiger partial charge in [-0.15, -0.1) is 0 Å². The second-order valence-corrected chi connectivity index (χ2v) is 5.83. The molecule has 0 saturated heterocycles. The van der Waals surface area contributed by atoms with Crippen LogP contribution in [0.25, 0.3) is 11.0 Å². The van der Waals surface area contributed by atoms with Crippen LogP contribution in [0.4, 0.5) is 0 Å². The van der Waals surface area contributed by atoms with Gasteiger partial charge in [0.1, 0.15) is 11.3 Å². The Morgan fingerprint density at radius 1 is 1.37 bits per heavy atom. The fourth-order valence-electron chi connectivity index (χ4n) is 2.26. The predicted molar refractivity (Wildman–Crippen MR) is 83.4 cm³/mol. The molecule has 1 aromatic heterocycles. The molecule has 2 N–H and O–H groups in total. The van der Waals surface area contributed by atoms with Crippen LogP contribution in [-0.4, -0.2) is 30.0 Å². The molecule has 1 aromatic carbocycles. The summed E-state index contributed by atoms with van der Waals surface area (Å²) in [5.41, 5.74) is 7.97. The number of hydrogen-bond donors (Lipinski definition) is 1. The van der Waals surface area contributed by atoms with Crippen LogP contribution in [0.5, 0.6) is 0 Å². The van der Waals surface area contributed by atoms with E-state index >= 15 is 0 Å². The van der Waals surface area contributed by atoms with Crippen molar-refractivity contribution < 1.29 is 4.42 Å². The number of fused-ring (bicyclic) bond motifs is 1. The van der Waals surface area contributed by atoms with Gasteiger partial charge in [0.05, 0.1) is 6.54 Å². The lowest BCUT2D eigenvalue weighted by atomic mass is 10.1. The molecule has 1 heterocycles. The second-order valence-electron chi connectivity index (χ2n) is 4.92. The Kier molecular flexibility index (Phi) is 4.91. The number of furan rings is 1. The van der Waals surface area contributed by atoms with Crippen molar-refractivity contribution >= 4 is 22.7 Å². The molecule has 0 aliphatic heterocycles. The minimum Gasteiger partial charge on any atom is -0.459 e. The Hall–Kier alpha value is -0.970. The molecule has 0 aliphatic rings. The van der Waals surface area contributed by atoms with Crippen molar-refractivity contribution in [2.45, 2.75) is 26.1 Å². The van der Waals surface area contributed by atoms with Gasteiger partial charge in [-0.25, -0.2) is 0 Å². The largest absolute Gasteiger partial charge is 0.459 e. The number of benzene rings is 1. The Morgan fingerprint density at radius 2 is 2.11 bits per heavy atom. The first-order valence-electron chi connectivity index (χ1n) is 6.56. The first-order chi connectivity index (χ1) is 9.17. The predicted octanol–water partition coefficient (Wildman–Crippen LogP) is 3.07. The standard InChI is InChI=1S/C15H22N2OS/c1-11(10-19-3)17(2)9-13-12-6-4-5-7-14(12)18-15(13)8-16/h4-7,11H,8-10,16H2,1-3H3. The molecule has 0 bridgehead atoms. The molecule has 0 radical (unpaired) electrons. The zero-order valence-corrected chi connectivity index (χ0v) is 12.7. The highest BCUT2D eigenvalue weighted by Gasteiger charge is 2.16. The second kappa shape index (κ2) is 6.46. The Balaban J connectivity index is 2.28. The number of para-hydroxylation sites is 1. The molecular weight excluding hydrogens is 256 g/mol. The smallest absolute Gasteiger partial charge is 0.134 e. The minimum atomic E-state index is 0.453. The molecule has 1 atom stereocenters. The van der Waals surface area contributed by atoms with E-state index < -0.39 is 0 Å². The number of nitrogens with two attached hydrogens (primary N) is 1. The third-order valence-electron chi connectivity index (χ3n) is 3.54. The Labute approximate surface area is 119 Å². The van der Waals surface area contributed by atoms with E-state index in [1.807, 2.05) is 30.0 Å². The molecule has 0 amide bonds. The van der Waals surface area contributed by atoms with Gasteiger partial charge in [-0.1, -0.05) is 18.2 Å². The van der Waals surface area contributed by atoms with Gasteiger partial charge in [0, 0.05) is 29.3 Å². The van der Waals surface area contributed by atoms with E-state index in [2.05, 4.69) is 31.2 Å². The zero-order valence-electron chi connectivity index (χ0n) is 11.8. The summed E-state index contributed by atoms with van der Waals surface area (Å²) in [4.78, 5) is 2.35. The number of thioether (sulfide) groups is 1. The Morgan fingerprint density at radius 3 is 2.79 bits per heavy atom. The van der Waals surface area contributed by atoms with Crippen LogP contribution < -0.4 is 5.73 Å². The lowest BCUT2D eigenvalue weighted by Crippen LogP contribution is -2.30. The van der Waals surface area contributed by atoms with Crippen LogP contribution in [0.1, 0.15) is 18.2 Å². The van der Waals surface area contributed by atoms with Crippen molar-refractivity contribution in [3.63, 3.8) is 0 Å². The molecule has 104 valence electrons. The van der Waals surface area contributed by atoms with Crippen molar-refractivity contribution in [1.29, 1.82) is 0 Å². The maximum atomic E-state index is 5.83. The highest BCUT2D eigenvalue weighted by molar-refractivity contribution is 7.98. The summed E-state index contributed by atoms with van der Waals surface area (Å²) in [5, 5.41) is 1.19. The fraction of sp³-hybridized carbons (Fsp3) is 0.467. The molecule has 2 aromatic rings. The molecule has 1 unspecified atom stereocenters. The van der Waals surface area contributed by atoms with E-state index in [-0.39, 0.29) is 0 Å². The molecule has 19 heavy (non-hydrogen) atoms. The van der Waals surface area contributed by atoms with Crippen molar-refractivity contribution in [2.24, 2.45) is 5.73 Å². The highest BCUT2D eigenvalue weighted by atomic mass is 32.2. The van der Waals surface area contributed by atoms with Gasteiger partial charge < -0.3 is 10.2 Å². The first kappa shape index (κ1) is 14.4. The highest BCUT2D eigenvalue weighted by Crippen LogP contribution is 2.27. The molecule has 4 heteroatoms. The third kappa shape index (κ3) is 3.14. The number of rotatable bonds is 6. The molecule has 0 spiro atoms. The van der Waals surface area contributed by atoms with Gasteiger partial charge >= 0.3 is 0 Å². The van der Waals surface area contributed by atoms with Gasteiger partial charge in [-0.3, -0.25) is 4.90 Å². The van der Waals surface area contributed by atoms with E-state index in [4.69, 9.17) is 10.2 Å². The maximum Gasteiger partial charge on any atom is 0.134 e. The topological polar surface area (TPSA) is 42.4 Å². The van der Waals surface area contributed by atoms with Gasteiger partial charge in [-0.05, 0) is 26.3 Å². The van der Waals surface area contributed by atoms with Crippen LogP contribution in [0.2, 0.25) is 0 Å². The average molecular weight is 278 g/mol. The first-order valence-corrected chi connectivity index (χ1v) is 7.95. The summed E-state index contributed by atoms with van der Waals surface area (Å²) >= 11 is 1.87. The Bertz CT molecular complexity index is 538. The van der Waals surface area contributed by atoms with Crippen LogP contribution in [0.15, 0.2) is 28.7 Å². The van der Waals surface area contributed by atoms with Crippen LogP contribution in [-0.2, 0) is 13.1 Å². The normalized spacial score (nSPS) is 13.3. The molecule has 0 aliphatic carbocycles. The summed E-state index contributed by atoms with van der Waals surface area (Å²) in [6.07, 6.45) is 2.14. The van der Waals surface area contributed by atoms with Gasteiger partial charge in [0.2, 0.25) is 0 Å². The quantitative estimate of drug-likeness (QED) is 0.882. The van der Waals surface area contributed by atoms with Crippen molar-refractivity contribution in [3.8, 4) is 0 Å². The van der Waals surface area contributed by atoms with Crippen molar-refractivity contribution in [1.82, 2.24) is 4.90 Å². The van der Waals surface area contributed by atoms with Crippen LogP contribution >= 0.6 is 11.8 Å². The van der Waals surface area contributed by atoms with E-state index in [9.17, 15) is 0 Å². The number of nitrogens with zero attached hydrogens (tertiary/aromatic N) is 1. The summed E-state index contributed by atoms with van der Waals surface area (Å²) in [7, 11) is 2.16. The van der Waals surface area contributed by atoms with Crippen molar-refractivity contribution in [3.05, 3.63) is 35.6 Å². The van der Waals surface area contributed by atoms with Crippen LogP contribution in [0, 0.1) is 0 Å². The zero-order chi connectivity index (χ0) is 13.8. The molecule has 0 saturated carbocycles. The summed E-state index contributed by atoms with van der Waals surface area (Å²) in [5.74, 6) is 2.04. The maximum absolute atomic E-state index is 5.83. The molecule has 0 fully saturated rings. The molecule has 3 nitrogen and oxygen atoms in total. The van der Waals surface area contributed by atoms with Gasteiger partial charge in [-0.2, -0.15) is 11.8 Å². The summed E-state index contributed by atoms with van der Waals surface area (Å²) in [6.45, 7) is 3.58. The minimum absolute atomic E-state index is 0.453. The lowest BCUT2D eigenvalue weighted by Gasteiger charge is -2.24. The van der Waals surface area contributed by atoms with Crippen LogP contribution in [0.3, 0.4) is 0 Å².